The third-order valence-corrected chi connectivity index (χ3v) is 5.82. The van der Waals surface area contributed by atoms with E-state index in [1.807, 2.05) is 13.8 Å². The van der Waals surface area contributed by atoms with Gasteiger partial charge in [0, 0.05) is 25.2 Å². The molecule has 0 aliphatic carbocycles. The number of piperazine rings is 1. The Balaban J connectivity index is 2.24. The van der Waals surface area contributed by atoms with Gasteiger partial charge in [-0.3, -0.25) is 0 Å². The molecule has 0 saturated carbocycles. The lowest BCUT2D eigenvalue weighted by Crippen LogP contribution is -2.55. The van der Waals surface area contributed by atoms with Gasteiger partial charge in [0.15, 0.2) is 0 Å². The number of nitrogens with one attached hydrogen (secondary N) is 1. The Morgan fingerprint density at radius 3 is 2.50 bits per heavy atom. The average Bonchev–Trinajstić information content (AvgIpc) is 2.69. The van der Waals surface area contributed by atoms with Gasteiger partial charge in [-0.05, 0) is 25.3 Å². The van der Waals surface area contributed by atoms with E-state index in [4.69, 9.17) is 0 Å². The molecule has 2 unspecified atom stereocenters. The number of thiophene rings is 1. The smallest absolute Gasteiger partial charge is 0.252 e. The summed E-state index contributed by atoms with van der Waals surface area (Å²) in [5.41, 5.74) is 0. The first-order chi connectivity index (χ1) is 7.50. The predicted molar refractivity (Wildman–Crippen MR) is 65.1 cm³/mol. The van der Waals surface area contributed by atoms with Gasteiger partial charge in [-0.2, -0.15) is 4.31 Å². The van der Waals surface area contributed by atoms with E-state index in [0.717, 1.165) is 0 Å². The molecule has 90 valence electrons. The molecule has 0 spiro atoms. The van der Waals surface area contributed by atoms with Gasteiger partial charge in [0.1, 0.15) is 4.21 Å². The van der Waals surface area contributed by atoms with Crippen LogP contribution in [-0.2, 0) is 10.0 Å². The largest absolute Gasteiger partial charge is 0.309 e. The summed E-state index contributed by atoms with van der Waals surface area (Å²) in [7, 11) is -3.27. The van der Waals surface area contributed by atoms with Gasteiger partial charge >= 0.3 is 0 Å². The Morgan fingerprint density at radius 1 is 1.38 bits per heavy atom. The van der Waals surface area contributed by atoms with Gasteiger partial charge in [0.05, 0.1) is 0 Å². The van der Waals surface area contributed by atoms with E-state index in [9.17, 15) is 8.42 Å². The Bertz CT molecular complexity index is 431. The van der Waals surface area contributed by atoms with Crippen LogP contribution in [0, 0.1) is 0 Å². The van der Waals surface area contributed by atoms with Crippen molar-refractivity contribution in [2.24, 2.45) is 0 Å². The fourth-order valence-electron chi connectivity index (χ4n) is 2.01. The second-order valence-corrected chi connectivity index (χ2v) is 7.34. The summed E-state index contributed by atoms with van der Waals surface area (Å²) in [5.74, 6) is 0. The molecule has 1 N–H and O–H groups in total. The molecule has 2 atom stereocenters. The van der Waals surface area contributed by atoms with Crippen molar-refractivity contribution in [1.29, 1.82) is 0 Å². The van der Waals surface area contributed by atoms with Crippen molar-refractivity contribution in [2.75, 3.05) is 13.1 Å². The summed E-state index contributed by atoms with van der Waals surface area (Å²) in [6.45, 7) is 5.11. The zero-order valence-corrected chi connectivity index (χ0v) is 11.0. The molecule has 1 aromatic rings. The molecule has 1 saturated heterocycles. The fourth-order valence-corrected chi connectivity index (χ4v) is 4.77. The number of sulfonamides is 1. The lowest BCUT2D eigenvalue weighted by atomic mass is 10.2. The van der Waals surface area contributed by atoms with Crippen molar-refractivity contribution < 1.29 is 8.42 Å². The van der Waals surface area contributed by atoms with Gasteiger partial charge in [0.2, 0.25) is 0 Å². The second-order valence-electron chi connectivity index (χ2n) is 4.22. The highest BCUT2D eigenvalue weighted by atomic mass is 32.2. The van der Waals surface area contributed by atoms with E-state index >= 15 is 0 Å². The highest BCUT2D eigenvalue weighted by molar-refractivity contribution is 7.91. The maximum absolute atomic E-state index is 12.2. The van der Waals surface area contributed by atoms with Crippen LogP contribution in [0.3, 0.4) is 0 Å². The second kappa shape index (κ2) is 4.44. The zero-order valence-electron chi connectivity index (χ0n) is 9.38. The topological polar surface area (TPSA) is 49.4 Å². The molecular formula is C10H16N2O2S2. The molecule has 2 heterocycles. The third-order valence-electron chi connectivity index (χ3n) is 2.61. The number of rotatable bonds is 2. The van der Waals surface area contributed by atoms with Crippen LogP contribution in [0.15, 0.2) is 21.7 Å². The van der Waals surface area contributed by atoms with Crippen LogP contribution in [0.5, 0.6) is 0 Å². The molecule has 16 heavy (non-hydrogen) atoms. The number of hydrogen-bond acceptors (Lipinski definition) is 4. The van der Waals surface area contributed by atoms with Gasteiger partial charge in [0.25, 0.3) is 10.0 Å². The predicted octanol–water partition coefficient (Wildman–Crippen LogP) is 1.12. The standard InChI is InChI=1S/C10H16N2O2S2/c1-8-6-12(7-9(2)11-8)16(13,14)10-4-3-5-15-10/h3-5,8-9,11H,6-7H2,1-2H3. The van der Waals surface area contributed by atoms with Crippen molar-refractivity contribution in [3.63, 3.8) is 0 Å². The van der Waals surface area contributed by atoms with Crippen molar-refractivity contribution in [2.45, 2.75) is 30.1 Å². The van der Waals surface area contributed by atoms with E-state index in [1.54, 1.807) is 21.8 Å². The SMILES string of the molecule is CC1CN(S(=O)(=O)c2cccs2)CC(C)N1. The van der Waals surface area contributed by atoms with Crippen molar-refractivity contribution in [1.82, 2.24) is 9.62 Å². The lowest BCUT2D eigenvalue weighted by Gasteiger charge is -2.34. The summed E-state index contributed by atoms with van der Waals surface area (Å²) in [5, 5.41) is 5.12. The maximum atomic E-state index is 12.2. The molecule has 4 nitrogen and oxygen atoms in total. The molecule has 0 aromatic carbocycles. The van der Waals surface area contributed by atoms with Gasteiger partial charge in [-0.1, -0.05) is 6.07 Å². The number of hydrogen-bond donors (Lipinski definition) is 1. The first-order valence-electron chi connectivity index (χ1n) is 5.30. The summed E-state index contributed by atoms with van der Waals surface area (Å²) in [4.78, 5) is 0. The molecule has 1 aliphatic heterocycles. The average molecular weight is 260 g/mol. The Hall–Kier alpha value is -0.430. The lowest BCUT2D eigenvalue weighted by molar-refractivity contribution is 0.263. The minimum atomic E-state index is -3.27. The van der Waals surface area contributed by atoms with E-state index in [0.29, 0.717) is 17.3 Å². The van der Waals surface area contributed by atoms with E-state index < -0.39 is 10.0 Å². The normalized spacial score (nSPS) is 28.1. The van der Waals surface area contributed by atoms with Crippen molar-refractivity contribution in [3.8, 4) is 0 Å². The summed E-state index contributed by atoms with van der Waals surface area (Å²) in [6.07, 6.45) is 0. The van der Waals surface area contributed by atoms with Gasteiger partial charge in [-0.25, -0.2) is 8.42 Å². The molecule has 0 bridgehead atoms. The first-order valence-corrected chi connectivity index (χ1v) is 7.62. The number of nitrogens with zero attached hydrogens (tertiary/aromatic N) is 1. The van der Waals surface area contributed by atoms with E-state index in [-0.39, 0.29) is 12.1 Å². The molecule has 0 amide bonds. The van der Waals surface area contributed by atoms with E-state index in [1.165, 1.54) is 11.3 Å². The Morgan fingerprint density at radius 2 is 2.00 bits per heavy atom. The van der Waals surface area contributed by atoms with Crippen LogP contribution < -0.4 is 5.32 Å². The van der Waals surface area contributed by atoms with Gasteiger partial charge < -0.3 is 5.32 Å². The minimum Gasteiger partial charge on any atom is -0.309 e. The molecular weight excluding hydrogens is 244 g/mol. The Kier molecular flexibility index (Phi) is 3.34. The molecule has 1 aliphatic rings. The van der Waals surface area contributed by atoms with E-state index in [2.05, 4.69) is 5.32 Å². The molecule has 0 radical (unpaired) electrons. The summed E-state index contributed by atoms with van der Waals surface area (Å²) in [6, 6.07) is 3.85. The highest BCUT2D eigenvalue weighted by Crippen LogP contribution is 2.22. The first kappa shape index (κ1) is 12.0. The van der Waals surface area contributed by atoms with Crippen molar-refractivity contribution >= 4 is 21.4 Å². The molecule has 1 fully saturated rings. The zero-order chi connectivity index (χ0) is 11.8. The quantitative estimate of drug-likeness (QED) is 0.867. The van der Waals surface area contributed by atoms with Crippen LogP contribution in [-0.4, -0.2) is 37.9 Å². The molecule has 6 heteroatoms. The minimum absolute atomic E-state index is 0.207. The highest BCUT2D eigenvalue weighted by Gasteiger charge is 2.31. The van der Waals surface area contributed by atoms with Crippen LogP contribution in [0.25, 0.3) is 0 Å². The molecule has 2 rings (SSSR count). The molecule has 1 aromatic heterocycles. The summed E-state index contributed by atoms with van der Waals surface area (Å²) < 4.78 is 26.5. The maximum Gasteiger partial charge on any atom is 0.252 e. The fraction of sp³-hybridized carbons (Fsp3) is 0.600. The third kappa shape index (κ3) is 2.29. The Labute approximate surface area is 100 Å². The van der Waals surface area contributed by atoms with Gasteiger partial charge in [-0.15, -0.1) is 11.3 Å². The monoisotopic (exact) mass is 260 g/mol. The van der Waals surface area contributed by atoms with Crippen molar-refractivity contribution in [3.05, 3.63) is 17.5 Å². The summed E-state index contributed by atoms with van der Waals surface area (Å²) >= 11 is 1.28. The van der Waals surface area contributed by atoms with Crippen LogP contribution in [0.1, 0.15) is 13.8 Å². The van der Waals surface area contributed by atoms with Crippen LogP contribution in [0.4, 0.5) is 0 Å². The van der Waals surface area contributed by atoms with Crippen LogP contribution >= 0.6 is 11.3 Å². The van der Waals surface area contributed by atoms with Crippen LogP contribution in [0.2, 0.25) is 0 Å².